The third-order valence-corrected chi connectivity index (χ3v) is 4.90. The molecule has 0 bridgehead atoms. The van der Waals surface area contributed by atoms with Gasteiger partial charge in [-0.3, -0.25) is 5.43 Å². The fourth-order valence-corrected chi connectivity index (χ4v) is 3.18. The first kappa shape index (κ1) is 16.3. The van der Waals surface area contributed by atoms with Crippen molar-refractivity contribution in [3.8, 4) is 11.3 Å². The van der Waals surface area contributed by atoms with E-state index in [0.717, 1.165) is 11.3 Å². The summed E-state index contributed by atoms with van der Waals surface area (Å²) < 4.78 is 0. The second kappa shape index (κ2) is 7.32. The fourth-order valence-electron chi connectivity index (χ4n) is 1.88. The van der Waals surface area contributed by atoms with Crippen molar-refractivity contribution >= 4 is 57.5 Å². The van der Waals surface area contributed by atoms with Crippen LogP contribution < -0.4 is 5.43 Å². The van der Waals surface area contributed by atoms with Gasteiger partial charge in [0, 0.05) is 16.5 Å². The molecule has 0 radical (unpaired) electrons. The third-order valence-electron chi connectivity index (χ3n) is 3.01. The largest absolute Gasteiger partial charge is 0.253 e. The first-order valence-corrected chi connectivity index (χ1v) is 8.60. The molecular formula is C16H10Cl3N3S. The Balaban J connectivity index is 1.75. The van der Waals surface area contributed by atoms with Gasteiger partial charge < -0.3 is 0 Å². The maximum absolute atomic E-state index is 6.12. The lowest BCUT2D eigenvalue weighted by molar-refractivity contribution is 1.29. The number of hydrazone groups is 1. The van der Waals surface area contributed by atoms with E-state index < -0.39 is 0 Å². The number of nitrogens with zero attached hydrogens (tertiary/aromatic N) is 2. The Hall–Kier alpha value is -1.59. The van der Waals surface area contributed by atoms with E-state index in [2.05, 4.69) is 15.5 Å². The number of nitrogens with one attached hydrogen (secondary N) is 1. The van der Waals surface area contributed by atoms with Gasteiger partial charge in [-0.2, -0.15) is 5.10 Å². The van der Waals surface area contributed by atoms with Crippen LogP contribution in [0.2, 0.25) is 15.1 Å². The van der Waals surface area contributed by atoms with Crippen LogP contribution in [0.4, 0.5) is 5.13 Å². The second-order valence-electron chi connectivity index (χ2n) is 4.53. The normalized spacial score (nSPS) is 11.1. The Morgan fingerprint density at radius 3 is 2.52 bits per heavy atom. The highest BCUT2D eigenvalue weighted by Gasteiger charge is 2.07. The minimum atomic E-state index is 0.369. The van der Waals surface area contributed by atoms with Crippen LogP contribution in [0.15, 0.2) is 52.9 Å². The van der Waals surface area contributed by atoms with E-state index in [0.29, 0.717) is 25.8 Å². The van der Waals surface area contributed by atoms with E-state index in [9.17, 15) is 0 Å². The first-order valence-electron chi connectivity index (χ1n) is 6.58. The minimum Gasteiger partial charge on any atom is -0.253 e. The molecule has 0 aliphatic carbocycles. The Labute approximate surface area is 152 Å². The van der Waals surface area contributed by atoms with E-state index in [-0.39, 0.29) is 0 Å². The van der Waals surface area contributed by atoms with Gasteiger partial charge in [-0.15, -0.1) is 11.3 Å². The molecule has 3 rings (SSSR count). The van der Waals surface area contributed by atoms with Crippen molar-refractivity contribution in [2.24, 2.45) is 5.10 Å². The lowest BCUT2D eigenvalue weighted by Gasteiger charge is -2.02. The number of thiazole rings is 1. The van der Waals surface area contributed by atoms with Gasteiger partial charge in [0.15, 0.2) is 0 Å². The topological polar surface area (TPSA) is 37.3 Å². The molecule has 0 amide bonds. The summed E-state index contributed by atoms with van der Waals surface area (Å²) in [6, 6.07) is 13.3. The van der Waals surface area contributed by atoms with Crippen molar-refractivity contribution in [1.82, 2.24) is 4.98 Å². The number of hydrogen-bond acceptors (Lipinski definition) is 4. The highest BCUT2D eigenvalue weighted by molar-refractivity contribution is 7.14. The van der Waals surface area contributed by atoms with Gasteiger partial charge in [0.05, 0.1) is 27.0 Å². The molecule has 0 atom stereocenters. The molecule has 0 unspecified atom stereocenters. The Morgan fingerprint density at radius 2 is 1.74 bits per heavy atom. The summed E-state index contributed by atoms with van der Waals surface area (Å²) in [7, 11) is 0. The molecular weight excluding hydrogens is 373 g/mol. The van der Waals surface area contributed by atoms with Gasteiger partial charge in [0.1, 0.15) is 0 Å². The number of rotatable bonds is 4. The highest BCUT2D eigenvalue weighted by atomic mass is 35.5. The summed E-state index contributed by atoms with van der Waals surface area (Å²) in [5.74, 6) is 0. The molecule has 7 heteroatoms. The number of aromatic nitrogens is 1. The maximum atomic E-state index is 6.12. The van der Waals surface area contributed by atoms with Crippen LogP contribution in [0.25, 0.3) is 11.3 Å². The van der Waals surface area contributed by atoms with E-state index in [1.807, 2.05) is 35.7 Å². The molecule has 0 saturated heterocycles. The van der Waals surface area contributed by atoms with Gasteiger partial charge in [0.2, 0.25) is 5.13 Å². The van der Waals surface area contributed by atoms with Crippen LogP contribution >= 0.6 is 46.1 Å². The smallest absolute Gasteiger partial charge is 0.203 e. The zero-order valence-corrected chi connectivity index (χ0v) is 14.7. The van der Waals surface area contributed by atoms with Crippen molar-refractivity contribution in [2.45, 2.75) is 0 Å². The van der Waals surface area contributed by atoms with Gasteiger partial charge >= 0.3 is 0 Å². The number of benzene rings is 2. The molecule has 1 N–H and O–H groups in total. The van der Waals surface area contributed by atoms with Crippen LogP contribution in [0.1, 0.15) is 5.56 Å². The summed E-state index contributed by atoms with van der Waals surface area (Å²) in [6.45, 7) is 0. The molecule has 1 heterocycles. The molecule has 1 aromatic heterocycles. The molecule has 0 spiro atoms. The summed E-state index contributed by atoms with van der Waals surface area (Å²) in [4.78, 5) is 4.48. The number of halogens is 3. The van der Waals surface area contributed by atoms with E-state index in [1.54, 1.807) is 12.1 Å². The van der Waals surface area contributed by atoms with Crippen molar-refractivity contribution < 1.29 is 0 Å². The van der Waals surface area contributed by atoms with Crippen LogP contribution in [0.3, 0.4) is 0 Å². The molecule has 0 aliphatic heterocycles. The summed E-state index contributed by atoms with van der Waals surface area (Å²) in [5, 5.41) is 8.05. The van der Waals surface area contributed by atoms with E-state index in [1.165, 1.54) is 17.6 Å². The van der Waals surface area contributed by atoms with Crippen molar-refractivity contribution in [3.05, 3.63) is 68.5 Å². The predicted octanol–water partition coefficient (Wildman–Crippen LogP) is 6.22. The summed E-state index contributed by atoms with van der Waals surface area (Å²) >= 11 is 19.6. The van der Waals surface area contributed by atoms with Crippen LogP contribution in [0, 0.1) is 0 Å². The SMILES string of the molecule is Clc1ccc(Cl)c(/C=N/Nc2nc(-c3ccccc3)cs2)c1Cl. The molecule has 3 nitrogen and oxygen atoms in total. The van der Waals surface area contributed by atoms with E-state index in [4.69, 9.17) is 34.8 Å². The van der Waals surface area contributed by atoms with E-state index >= 15 is 0 Å². The van der Waals surface area contributed by atoms with Gasteiger partial charge in [0.25, 0.3) is 0 Å². The number of hydrogen-bond donors (Lipinski definition) is 1. The zero-order valence-electron chi connectivity index (χ0n) is 11.6. The molecule has 23 heavy (non-hydrogen) atoms. The molecule has 2 aromatic carbocycles. The monoisotopic (exact) mass is 381 g/mol. The zero-order chi connectivity index (χ0) is 16.2. The lowest BCUT2D eigenvalue weighted by atomic mass is 10.2. The lowest BCUT2D eigenvalue weighted by Crippen LogP contribution is -1.92. The van der Waals surface area contributed by atoms with Crippen LogP contribution in [0.5, 0.6) is 0 Å². The first-order chi connectivity index (χ1) is 11.1. The molecule has 0 fully saturated rings. The fraction of sp³-hybridized carbons (Fsp3) is 0. The molecule has 116 valence electrons. The van der Waals surface area contributed by atoms with Crippen molar-refractivity contribution in [2.75, 3.05) is 5.43 Å². The number of anilines is 1. The average molecular weight is 383 g/mol. The Bertz CT molecular complexity index is 847. The molecule has 0 aliphatic rings. The Kier molecular flexibility index (Phi) is 5.18. The quantitative estimate of drug-likeness (QED) is 0.330. The van der Waals surface area contributed by atoms with Gasteiger partial charge in [-0.25, -0.2) is 4.98 Å². The van der Waals surface area contributed by atoms with Gasteiger partial charge in [-0.1, -0.05) is 65.1 Å². The van der Waals surface area contributed by atoms with Gasteiger partial charge in [-0.05, 0) is 12.1 Å². The Morgan fingerprint density at radius 1 is 1.00 bits per heavy atom. The second-order valence-corrected chi connectivity index (χ2v) is 6.58. The van der Waals surface area contributed by atoms with Crippen molar-refractivity contribution in [1.29, 1.82) is 0 Å². The van der Waals surface area contributed by atoms with Crippen LogP contribution in [-0.4, -0.2) is 11.2 Å². The predicted molar refractivity (Wildman–Crippen MR) is 100 cm³/mol. The summed E-state index contributed by atoms with van der Waals surface area (Å²) in [5.41, 5.74) is 5.39. The molecule has 3 aromatic rings. The minimum absolute atomic E-state index is 0.369. The average Bonchev–Trinajstić information content (AvgIpc) is 3.04. The molecule has 0 saturated carbocycles. The third kappa shape index (κ3) is 3.85. The highest BCUT2D eigenvalue weighted by Crippen LogP contribution is 2.30. The maximum Gasteiger partial charge on any atom is 0.203 e. The van der Waals surface area contributed by atoms with Crippen LogP contribution in [-0.2, 0) is 0 Å². The standard InChI is InChI=1S/C16H10Cl3N3S/c17-12-6-7-13(18)15(19)11(12)8-20-22-16-21-14(9-23-16)10-4-2-1-3-5-10/h1-9H,(H,21,22)/b20-8+. The summed E-state index contributed by atoms with van der Waals surface area (Å²) in [6.07, 6.45) is 1.53. The van der Waals surface area contributed by atoms with Crippen molar-refractivity contribution in [3.63, 3.8) is 0 Å².